The molecule has 1 amide bonds. The lowest BCUT2D eigenvalue weighted by molar-refractivity contribution is -0.115. The number of halogens is 1. The number of aryl methyl sites for hydroxylation is 1. The number of amides is 1. The first-order valence-electron chi connectivity index (χ1n) is 6.04. The highest BCUT2D eigenvalue weighted by Gasteiger charge is 2.13. The fourth-order valence-electron chi connectivity index (χ4n) is 1.76. The van der Waals surface area contributed by atoms with E-state index in [0.717, 1.165) is 35.4 Å². The second kappa shape index (κ2) is 6.25. The maximum Gasteiger partial charge on any atom is 0.227 e. The van der Waals surface area contributed by atoms with Crippen molar-refractivity contribution in [1.29, 1.82) is 0 Å². The monoisotopic (exact) mass is 298 g/mol. The van der Waals surface area contributed by atoms with E-state index >= 15 is 0 Å². The second-order valence-electron chi connectivity index (χ2n) is 4.16. The van der Waals surface area contributed by atoms with Crippen LogP contribution in [0.4, 0.5) is 0 Å². The molecule has 0 spiro atoms. The summed E-state index contributed by atoms with van der Waals surface area (Å²) < 4.78 is 2.03. The molecule has 0 aliphatic carbocycles. The number of nitrogens with zero attached hydrogens (tertiary/aromatic N) is 3. The smallest absolute Gasteiger partial charge is 0.227 e. The number of fused-ring (bicyclic) bond motifs is 1. The highest BCUT2D eigenvalue weighted by atomic mass is 35.5. The van der Waals surface area contributed by atoms with Gasteiger partial charge in [0.2, 0.25) is 5.91 Å². The molecule has 0 unspecified atom stereocenters. The van der Waals surface area contributed by atoms with Gasteiger partial charge in [-0.25, -0.2) is 9.97 Å². The third-order valence-electron chi connectivity index (χ3n) is 2.67. The fraction of sp³-hybridized carbons (Fsp3) is 0.417. The number of pyridine rings is 1. The minimum absolute atomic E-state index is 0.197. The minimum Gasteiger partial charge on any atom is -0.369 e. The van der Waals surface area contributed by atoms with Gasteiger partial charge in [0.15, 0.2) is 0 Å². The zero-order valence-corrected chi connectivity index (χ0v) is 12.2. The van der Waals surface area contributed by atoms with Gasteiger partial charge in [0.25, 0.3) is 0 Å². The van der Waals surface area contributed by atoms with Gasteiger partial charge in [-0.05, 0) is 6.42 Å². The normalized spacial score (nSPS) is 11.1. The molecule has 102 valence electrons. The Labute approximate surface area is 120 Å². The van der Waals surface area contributed by atoms with Crippen LogP contribution in [-0.4, -0.2) is 26.2 Å². The van der Waals surface area contributed by atoms with Gasteiger partial charge in [-0.3, -0.25) is 4.79 Å². The van der Waals surface area contributed by atoms with Gasteiger partial charge in [0.05, 0.1) is 17.1 Å². The molecule has 0 aliphatic heterocycles. The summed E-state index contributed by atoms with van der Waals surface area (Å²) in [7, 11) is 0. The third-order valence-corrected chi connectivity index (χ3v) is 3.94. The van der Waals surface area contributed by atoms with Crippen LogP contribution in [0.2, 0.25) is 5.02 Å². The van der Waals surface area contributed by atoms with Crippen molar-refractivity contribution in [2.24, 2.45) is 5.73 Å². The number of nitrogens with two attached hydrogens (primary N) is 1. The molecular formula is C12H15ClN4OS. The molecule has 5 nitrogen and oxygen atoms in total. The second-order valence-corrected chi connectivity index (χ2v) is 5.53. The average Bonchev–Trinajstić information content (AvgIpc) is 2.80. The molecule has 0 atom stereocenters. The van der Waals surface area contributed by atoms with E-state index in [1.54, 1.807) is 12.5 Å². The number of imidazole rings is 1. The summed E-state index contributed by atoms with van der Waals surface area (Å²) in [5, 5.41) is 1.26. The molecule has 2 rings (SSSR count). The molecule has 0 saturated heterocycles. The van der Waals surface area contributed by atoms with E-state index < -0.39 is 0 Å². The quantitative estimate of drug-likeness (QED) is 0.831. The Bertz CT molecular complexity index is 599. The number of hydrogen-bond donors (Lipinski definition) is 1. The van der Waals surface area contributed by atoms with Crippen molar-refractivity contribution in [3.05, 3.63) is 17.5 Å². The maximum atomic E-state index is 10.9. The predicted molar refractivity (Wildman–Crippen MR) is 77.4 cm³/mol. The zero-order valence-electron chi connectivity index (χ0n) is 10.6. The molecule has 0 fully saturated rings. The highest BCUT2D eigenvalue weighted by molar-refractivity contribution is 8.00. The fourth-order valence-corrected chi connectivity index (χ4v) is 2.71. The number of aromatic nitrogens is 3. The standard InChI is InChI=1S/C12H15ClN4OS/c1-2-3-4-17-7-16-10-8(13)5-15-12(11(10)17)19-6-9(14)18/h5,7H,2-4,6H2,1H3,(H2,14,18). The van der Waals surface area contributed by atoms with E-state index in [4.69, 9.17) is 17.3 Å². The molecular weight excluding hydrogens is 284 g/mol. The lowest BCUT2D eigenvalue weighted by Crippen LogP contribution is -2.13. The number of unbranched alkanes of at least 4 members (excludes halogenated alkanes) is 1. The van der Waals surface area contributed by atoms with E-state index in [9.17, 15) is 4.79 Å². The zero-order chi connectivity index (χ0) is 13.8. The minimum atomic E-state index is -0.366. The van der Waals surface area contributed by atoms with Crippen LogP contribution in [0.1, 0.15) is 19.8 Å². The molecule has 2 aromatic rings. The molecule has 0 radical (unpaired) electrons. The van der Waals surface area contributed by atoms with Crippen LogP contribution in [0, 0.1) is 0 Å². The summed E-state index contributed by atoms with van der Waals surface area (Å²) in [5.41, 5.74) is 6.78. The number of carbonyl (C=O) groups excluding carboxylic acids is 1. The number of hydrogen-bond acceptors (Lipinski definition) is 4. The van der Waals surface area contributed by atoms with Crippen LogP contribution in [0.25, 0.3) is 11.0 Å². The van der Waals surface area contributed by atoms with Crippen molar-refractivity contribution >= 4 is 40.3 Å². The van der Waals surface area contributed by atoms with Crippen LogP contribution in [0.3, 0.4) is 0 Å². The van der Waals surface area contributed by atoms with Crippen LogP contribution >= 0.6 is 23.4 Å². The van der Waals surface area contributed by atoms with Gasteiger partial charge in [-0.2, -0.15) is 0 Å². The van der Waals surface area contributed by atoms with Gasteiger partial charge in [0.1, 0.15) is 16.1 Å². The van der Waals surface area contributed by atoms with Crippen molar-refractivity contribution in [1.82, 2.24) is 14.5 Å². The summed E-state index contributed by atoms with van der Waals surface area (Å²) in [4.78, 5) is 19.5. The van der Waals surface area contributed by atoms with Crippen LogP contribution in [-0.2, 0) is 11.3 Å². The molecule has 0 aromatic carbocycles. The molecule has 2 N–H and O–H groups in total. The number of thioether (sulfide) groups is 1. The Balaban J connectivity index is 2.41. The van der Waals surface area contributed by atoms with E-state index in [0.29, 0.717) is 5.02 Å². The Morgan fingerprint density at radius 3 is 3.00 bits per heavy atom. The van der Waals surface area contributed by atoms with Gasteiger partial charge in [-0.1, -0.05) is 36.7 Å². The third kappa shape index (κ3) is 3.19. The summed E-state index contributed by atoms with van der Waals surface area (Å²) in [6.45, 7) is 2.99. The lowest BCUT2D eigenvalue weighted by atomic mass is 10.3. The van der Waals surface area contributed by atoms with Crippen LogP contribution < -0.4 is 5.73 Å². The molecule has 0 bridgehead atoms. The summed E-state index contributed by atoms with van der Waals surface area (Å²) in [5.74, 6) is -0.169. The van der Waals surface area contributed by atoms with Crippen molar-refractivity contribution in [3.8, 4) is 0 Å². The molecule has 0 saturated carbocycles. The van der Waals surface area contributed by atoms with Crippen molar-refractivity contribution in [3.63, 3.8) is 0 Å². The van der Waals surface area contributed by atoms with E-state index in [2.05, 4.69) is 16.9 Å². The molecule has 19 heavy (non-hydrogen) atoms. The maximum absolute atomic E-state index is 10.9. The number of primary amides is 1. The molecule has 2 aromatic heterocycles. The van der Waals surface area contributed by atoms with Gasteiger partial charge in [0, 0.05) is 12.7 Å². The van der Waals surface area contributed by atoms with Crippen molar-refractivity contribution in [2.45, 2.75) is 31.3 Å². The Kier molecular flexibility index (Phi) is 4.66. The van der Waals surface area contributed by atoms with E-state index in [1.807, 2.05) is 4.57 Å². The van der Waals surface area contributed by atoms with Gasteiger partial charge >= 0.3 is 0 Å². The Morgan fingerprint density at radius 1 is 1.53 bits per heavy atom. The predicted octanol–water partition coefficient (Wildman–Crippen LogP) is 2.46. The summed E-state index contributed by atoms with van der Waals surface area (Å²) >= 11 is 7.41. The van der Waals surface area contributed by atoms with Gasteiger partial charge < -0.3 is 10.3 Å². The molecule has 2 heterocycles. The van der Waals surface area contributed by atoms with E-state index in [1.165, 1.54) is 11.8 Å². The Hall–Kier alpha value is -1.27. The summed E-state index contributed by atoms with van der Waals surface area (Å²) in [6, 6.07) is 0. The van der Waals surface area contributed by atoms with Gasteiger partial charge in [-0.15, -0.1) is 0 Å². The van der Waals surface area contributed by atoms with E-state index in [-0.39, 0.29) is 11.7 Å². The number of carbonyl (C=O) groups is 1. The largest absolute Gasteiger partial charge is 0.369 e. The first-order chi connectivity index (χ1) is 9.13. The van der Waals surface area contributed by atoms with Crippen molar-refractivity contribution in [2.75, 3.05) is 5.75 Å². The SMILES string of the molecule is CCCCn1cnc2c(Cl)cnc(SCC(N)=O)c21. The van der Waals surface area contributed by atoms with Crippen LogP contribution in [0.5, 0.6) is 0 Å². The highest BCUT2D eigenvalue weighted by Crippen LogP contribution is 2.29. The lowest BCUT2D eigenvalue weighted by Gasteiger charge is -2.07. The topological polar surface area (TPSA) is 73.8 Å². The first kappa shape index (κ1) is 14.1. The molecule has 7 heteroatoms. The number of rotatable bonds is 6. The Morgan fingerprint density at radius 2 is 2.32 bits per heavy atom. The van der Waals surface area contributed by atoms with Crippen LogP contribution in [0.15, 0.2) is 17.6 Å². The average molecular weight is 299 g/mol. The first-order valence-corrected chi connectivity index (χ1v) is 7.40. The molecule has 0 aliphatic rings. The van der Waals surface area contributed by atoms with Crippen molar-refractivity contribution < 1.29 is 4.79 Å². The summed E-state index contributed by atoms with van der Waals surface area (Å²) in [6.07, 6.45) is 5.47.